The van der Waals surface area contributed by atoms with E-state index in [1.54, 1.807) is 0 Å². The van der Waals surface area contributed by atoms with Gasteiger partial charge in [-0.25, -0.2) is 0 Å². The highest BCUT2D eigenvalue weighted by Crippen LogP contribution is 2.16. The number of hydrogen-bond donors (Lipinski definition) is 2. The maximum Gasteiger partial charge on any atom is 0.0638 e. The molecule has 0 amide bonds. The van der Waals surface area contributed by atoms with Gasteiger partial charge in [0.2, 0.25) is 0 Å². The molecule has 0 spiro atoms. The molecule has 1 aliphatic heterocycles. The molecular formula is C19H28N4. The van der Waals surface area contributed by atoms with Gasteiger partial charge in [0.1, 0.15) is 0 Å². The Bertz CT molecular complexity index is 619. The largest absolute Gasteiger partial charge is 0.310 e. The van der Waals surface area contributed by atoms with E-state index in [9.17, 15) is 0 Å². The standard InChI is InChI=1S/C19H28N4/c1-14-5-4-6-17(11-14)13-23-9-7-18(8-10-23)20-12-19-15(2)21-22-16(19)3/h4-6,11,18,20H,7-10,12-13H2,1-3H3,(H,21,22). The minimum Gasteiger partial charge on any atom is -0.310 e. The van der Waals surface area contributed by atoms with Crippen LogP contribution < -0.4 is 5.32 Å². The summed E-state index contributed by atoms with van der Waals surface area (Å²) in [4.78, 5) is 2.57. The van der Waals surface area contributed by atoms with E-state index in [-0.39, 0.29) is 0 Å². The number of aromatic nitrogens is 2. The van der Waals surface area contributed by atoms with Crippen molar-refractivity contribution < 1.29 is 0 Å². The molecule has 1 aromatic heterocycles. The number of piperidine rings is 1. The molecule has 3 rings (SSSR count). The molecule has 1 saturated heterocycles. The van der Waals surface area contributed by atoms with Crippen molar-refractivity contribution in [2.24, 2.45) is 0 Å². The minimum atomic E-state index is 0.623. The van der Waals surface area contributed by atoms with Crippen LogP contribution in [0.3, 0.4) is 0 Å². The van der Waals surface area contributed by atoms with Crippen LogP contribution in [-0.2, 0) is 13.1 Å². The molecule has 1 aliphatic rings. The molecule has 0 saturated carbocycles. The van der Waals surface area contributed by atoms with Crippen molar-refractivity contribution in [3.63, 3.8) is 0 Å². The average molecular weight is 312 g/mol. The van der Waals surface area contributed by atoms with E-state index in [0.717, 1.165) is 18.8 Å². The number of nitrogens with one attached hydrogen (secondary N) is 2. The van der Waals surface area contributed by atoms with Gasteiger partial charge in [-0.1, -0.05) is 29.8 Å². The van der Waals surface area contributed by atoms with Gasteiger partial charge in [-0.3, -0.25) is 10.00 Å². The van der Waals surface area contributed by atoms with E-state index < -0.39 is 0 Å². The molecule has 124 valence electrons. The summed E-state index contributed by atoms with van der Waals surface area (Å²) in [7, 11) is 0. The number of aromatic amines is 1. The Morgan fingerprint density at radius 2 is 2.00 bits per heavy atom. The fourth-order valence-electron chi connectivity index (χ4n) is 3.44. The van der Waals surface area contributed by atoms with Crippen molar-refractivity contribution in [1.82, 2.24) is 20.4 Å². The lowest BCUT2D eigenvalue weighted by Crippen LogP contribution is -2.41. The van der Waals surface area contributed by atoms with Gasteiger partial charge >= 0.3 is 0 Å². The first-order valence-corrected chi connectivity index (χ1v) is 8.63. The van der Waals surface area contributed by atoms with E-state index in [1.165, 1.54) is 48.3 Å². The predicted molar refractivity (Wildman–Crippen MR) is 94.4 cm³/mol. The first-order valence-electron chi connectivity index (χ1n) is 8.63. The van der Waals surface area contributed by atoms with Crippen molar-refractivity contribution in [3.8, 4) is 0 Å². The fourth-order valence-corrected chi connectivity index (χ4v) is 3.44. The summed E-state index contributed by atoms with van der Waals surface area (Å²) in [6.45, 7) is 10.7. The van der Waals surface area contributed by atoms with Crippen LogP contribution in [0.1, 0.15) is 40.9 Å². The number of nitrogens with zero attached hydrogens (tertiary/aromatic N) is 2. The average Bonchev–Trinajstić information content (AvgIpc) is 2.85. The summed E-state index contributed by atoms with van der Waals surface area (Å²) in [5.74, 6) is 0. The van der Waals surface area contributed by atoms with Gasteiger partial charge in [0.15, 0.2) is 0 Å². The molecule has 1 aromatic carbocycles. The Balaban J connectivity index is 1.45. The smallest absolute Gasteiger partial charge is 0.0638 e. The van der Waals surface area contributed by atoms with Crippen molar-refractivity contribution in [2.45, 2.75) is 52.7 Å². The first-order chi connectivity index (χ1) is 11.1. The summed E-state index contributed by atoms with van der Waals surface area (Å²) in [5.41, 5.74) is 6.41. The van der Waals surface area contributed by atoms with E-state index in [1.807, 2.05) is 0 Å². The van der Waals surface area contributed by atoms with Crippen molar-refractivity contribution in [3.05, 3.63) is 52.3 Å². The molecule has 4 nitrogen and oxygen atoms in total. The molecule has 23 heavy (non-hydrogen) atoms. The number of likely N-dealkylation sites (tertiary alicyclic amines) is 1. The summed E-state index contributed by atoms with van der Waals surface area (Å²) in [6.07, 6.45) is 2.45. The second kappa shape index (κ2) is 7.28. The van der Waals surface area contributed by atoms with Crippen LogP contribution in [0.2, 0.25) is 0 Å². The molecule has 0 unspecified atom stereocenters. The van der Waals surface area contributed by atoms with E-state index in [2.05, 4.69) is 65.5 Å². The number of hydrogen-bond acceptors (Lipinski definition) is 3. The first kappa shape index (κ1) is 16.2. The van der Waals surface area contributed by atoms with Gasteiger partial charge in [-0.05, 0) is 52.3 Å². The third-order valence-electron chi connectivity index (χ3n) is 4.92. The quantitative estimate of drug-likeness (QED) is 0.892. The highest BCUT2D eigenvalue weighted by Gasteiger charge is 2.19. The predicted octanol–water partition coefficient (Wildman–Crippen LogP) is 3.09. The maximum atomic E-state index is 4.27. The van der Waals surface area contributed by atoms with Gasteiger partial charge in [-0.2, -0.15) is 5.10 Å². The molecule has 2 aromatic rings. The zero-order chi connectivity index (χ0) is 16.2. The van der Waals surface area contributed by atoms with Gasteiger partial charge in [0.25, 0.3) is 0 Å². The summed E-state index contributed by atoms with van der Waals surface area (Å²) in [6, 6.07) is 9.49. The summed E-state index contributed by atoms with van der Waals surface area (Å²) < 4.78 is 0. The third-order valence-corrected chi connectivity index (χ3v) is 4.92. The van der Waals surface area contributed by atoms with Crippen molar-refractivity contribution in [2.75, 3.05) is 13.1 Å². The molecule has 2 heterocycles. The highest BCUT2D eigenvalue weighted by atomic mass is 15.1. The zero-order valence-corrected chi connectivity index (χ0v) is 14.5. The Kier molecular flexibility index (Phi) is 5.13. The van der Waals surface area contributed by atoms with Crippen LogP contribution in [0.25, 0.3) is 0 Å². The van der Waals surface area contributed by atoms with Crippen LogP contribution in [0, 0.1) is 20.8 Å². The Hall–Kier alpha value is -1.65. The fraction of sp³-hybridized carbons (Fsp3) is 0.526. The van der Waals surface area contributed by atoms with Crippen molar-refractivity contribution >= 4 is 0 Å². The molecule has 4 heteroatoms. The van der Waals surface area contributed by atoms with Crippen LogP contribution in [-0.4, -0.2) is 34.2 Å². The second-order valence-electron chi connectivity index (χ2n) is 6.83. The monoisotopic (exact) mass is 312 g/mol. The molecule has 0 bridgehead atoms. The van der Waals surface area contributed by atoms with Crippen LogP contribution >= 0.6 is 0 Å². The lowest BCUT2D eigenvalue weighted by atomic mass is 10.0. The Labute approximate surface area is 139 Å². The molecule has 0 radical (unpaired) electrons. The number of rotatable bonds is 5. The summed E-state index contributed by atoms with van der Waals surface area (Å²) in [5, 5.41) is 11.1. The zero-order valence-electron chi connectivity index (χ0n) is 14.5. The molecule has 0 atom stereocenters. The number of H-pyrrole nitrogens is 1. The molecule has 1 fully saturated rings. The lowest BCUT2D eigenvalue weighted by molar-refractivity contribution is 0.190. The molecular weight excluding hydrogens is 284 g/mol. The lowest BCUT2D eigenvalue weighted by Gasteiger charge is -2.32. The van der Waals surface area contributed by atoms with Crippen LogP contribution in [0.4, 0.5) is 0 Å². The Morgan fingerprint density at radius 1 is 1.22 bits per heavy atom. The molecule has 2 N–H and O–H groups in total. The third kappa shape index (κ3) is 4.21. The Morgan fingerprint density at radius 3 is 2.65 bits per heavy atom. The highest BCUT2D eigenvalue weighted by molar-refractivity contribution is 5.23. The topological polar surface area (TPSA) is 44.0 Å². The molecule has 0 aliphatic carbocycles. The maximum absolute atomic E-state index is 4.27. The van der Waals surface area contributed by atoms with Gasteiger partial charge < -0.3 is 5.32 Å². The van der Waals surface area contributed by atoms with Gasteiger partial charge in [-0.15, -0.1) is 0 Å². The minimum absolute atomic E-state index is 0.623. The van der Waals surface area contributed by atoms with Gasteiger partial charge in [0.05, 0.1) is 5.69 Å². The van der Waals surface area contributed by atoms with Crippen LogP contribution in [0.5, 0.6) is 0 Å². The number of aryl methyl sites for hydroxylation is 3. The van der Waals surface area contributed by atoms with E-state index in [4.69, 9.17) is 0 Å². The van der Waals surface area contributed by atoms with Crippen molar-refractivity contribution in [1.29, 1.82) is 0 Å². The SMILES string of the molecule is Cc1cccc(CN2CCC(NCc3c(C)n[nH]c3C)CC2)c1. The summed E-state index contributed by atoms with van der Waals surface area (Å²) >= 11 is 0. The second-order valence-corrected chi connectivity index (χ2v) is 6.83. The van der Waals surface area contributed by atoms with E-state index in [0.29, 0.717) is 6.04 Å². The van der Waals surface area contributed by atoms with E-state index >= 15 is 0 Å². The van der Waals surface area contributed by atoms with Gasteiger partial charge in [0, 0.05) is 30.4 Å². The van der Waals surface area contributed by atoms with Crippen LogP contribution in [0.15, 0.2) is 24.3 Å². The normalized spacial score (nSPS) is 16.8. The number of benzene rings is 1.